The van der Waals surface area contributed by atoms with E-state index in [-0.39, 0.29) is 41.8 Å². The van der Waals surface area contributed by atoms with E-state index in [1.54, 1.807) is 22.9 Å². The topological polar surface area (TPSA) is 101 Å². The molecule has 1 aromatic heterocycles. The highest BCUT2D eigenvalue weighted by molar-refractivity contribution is 7.91. The lowest BCUT2D eigenvalue weighted by Crippen LogP contribution is -2.41. The van der Waals surface area contributed by atoms with E-state index in [0.717, 1.165) is 5.56 Å². The molecule has 1 saturated heterocycles. The molecule has 28 heavy (non-hydrogen) atoms. The molecule has 2 N–H and O–H groups in total. The first kappa shape index (κ1) is 20.8. The molecule has 1 aliphatic heterocycles. The number of nitrogens with one attached hydrogen (secondary N) is 1. The highest BCUT2D eigenvalue weighted by Gasteiger charge is 2.32. The largest absolute Gasteiger partial charge is 0.394 e. The van der Waals surface area contributed by atoms with Gasteiger partial charge >= 0.3 is 0 Å². The number of aromatic nitrogens is 2. The Kier molecular flexibility index (Phi) is 6.12. The number of nitrogens with zero attached hydrogens (tertiary/aromatic N) is 2. The summed E-state index contributed by atoms with van der Waals surface area (Å²) in [5.74, 6) is -0.227. The molecular formula is C19H24ClN3O4S. The van der Waals surface area contributed by atoms with E-state index in [9.17, 15) is 18.3 Å². The fraction of sp³-hybridized carbons (Fsp3) is 0.474. The molecule has 7 nitrogen and oxygen atoms in total. The number of rotatable bonds is 6. The first-order valence-corrected chi connectivity index (χ1v) is 11.4. The van der Waals surface area contributed by atoms with E-state index in [1.165, 1.54) is 0 Å². The van der Waals surface area contributed by atoms with Gasteiger partial charge in [-0.15, -0.1) is 0 Å². The van der Waals surface area contributed by atoms with Crippen molar-refractivity contribution in [2.45, 2.75) is 32.4 Å². The molecule has 2 atom stereocenters. The van der Waals surface area contributed by atoms with Crippen LogP contribution in [0.4, 0.5) is 0 Å². The van der Waals surface area contributed by atoms with Crippen LogP contribution in [0, 0.1) is 5.92 Å². The van der Waals surface area contributed by atoms with Gasteiger partial charge in [0.1, 0.15) is 0 Å². The molecule has 152 valence electrons. The molecule has 2 heterocycles. The van der Waals surface area contributed by atoms with Gasteiger partial charge in [0.15, 0.2) is 15.5 Å². The number of hydrogen-bond acceptors (Lipinski definition) is 5. The van der Waals surface area contributed by atoms with Gasteiger partial charge in [-0.25, -0.2) is 8.42 Å². The van der Waals surface area contributed by atoms with Crippen LogP contribution < -0.4 is 5.32 Å². The zero-order chi connectivity index (χ0) is 20.5. The fourth-order valence-corrected chi connectivity index (χ4v) is 5.07. The number of amides is 1. The van der Waals surface area contributed by atoms with Crippen molar-refractivity contribution in [2.75, 3.05) is 18.1 Å². The minimum absolute atomic E-state index is 0.00158. The van der Waals surface area contributed by atoms with Crippen molar-refractivity contribution in [3.63, 3.8) is 0 Å². The Morgan fingerprint density at radius 1 is 1.36 bits per heavy atom. The van der Waals surface area contributed by atoms with E-state index >= 15 is 0 Å². The lowest BCUT2D eigenvalue weighted by atomic mass is 10.1. The fourth-order valence-electron chi connectivity index (χ4n) is 3.25. The highest BCUT2D eigenvalue weighted by Crippen LogP contribution is 2.30. The number of benzene rings is 1. The molecule has 0 unspecified atom stereocenters. The maximum Gasteiger partial charge on any atom is 0.272 e. The normalized spacial score (nSPS) is 19.7. The molecular weight excluding hydrogens is 402 g/mol. The summed E-state index contributed by atoms with van der Waals surface area (Å²) < 4.78 is 25.5. The van der Waals surface area contributed by atoms with Gasteiger partial charge in [0.05, 0.1) is 35.9 Å². The van der Waals surface area contributed by atoms with Gasteiger partial charge in [-0.3, -0.25) is 9.48 Å². The monoisotopic (exact) mass is 425 g/mol. The summed E-state index contributed by atoms with van der Waals surface area (Å²) in [5, 5.41) is 17.3. The van der Waals surface area contributed by atoms with Gasteiger partial charge < -0.3 is 10.4 Å². The van der Waals surface area contributed by atoms with Crippen LogP contribution in [0.3, 0.4) is 0 Å². The van der Waals surface area contributed by atoms with Gasteiger partial charge in [0.25, 0.3) is 5.91 Å². The smallest absolute Gasteiger partial charge is 0.272 e. The third kappa shape index (κ3) is 4.56. The second-order valence-electron chi connectivity index (χ2n) is 7.43. The van der Waals surface area contributed by atoms with Gasteiger partial charge in [-0.2, -0.15) is 5.10 Å². The van der Waals surface area contributed by atoms with Crippen LogP contribution in [-0.2, 0) is 9.84 Å². The number of hydrogen-bond donors (Lipinski definition) is 2. The van der Waals surface area contributed by atoms with Crippen LogP contribution in [0.2, 0.25) is 5.02 Å². The van der Waals surface area contributed by atoms with Crippen LogP contribution >= 0.6 is 11.6 Å². The molecule has 3 rings (SSSR count). The van der Waals surface area contributed by atoms with Crippen LogP contribution in [-0.4, -0.2) is 53.4 Å². The first-order chi connectivity index (χ1) is 13.2. The average Bonchev–Trinajstić information content (AvgIpc) is 3.23. The van der Waals surface area contributed by atoms with E-state index in [1.807, 2.05) is 26.0 Å². The number of aliphatic hydroxyl groups is 1. The van der Waals surface area contributed by atoms with Crippen molar-refractivity contribution >= 4 is 27.3 Å². The summed E-state index contributed by atoms with van der Waals surface area (Å²) in [6.45, 7) is 3.64. The van der Waals surface area contributed by atoms with Crippen LogP contribution in [0.5, 0.6) is 0 Å². The van der Waals surface area contributed by atoms with E-state index in [4.69, 9.17) is 11.6 Å². The Morgan fingerprint density at radius 3 is 2.57 bits per heavy atom. The first-order valence-electron chi connectivity index (χ1n) is 9.18. The quantitative estimate of drug-likeness (QED) is 0.739. The Bertz CT molecular complexity index is 954. The van der Waals surface area contributed by atoms with Gasteiger partial charge in [-0.1, -0.05) is 37.6 Å². The zero-order valence-corrected chi connectivity index (χ0v) is 17.4. The lowest BCUT2D eigenvalue weighted by Gasteiger charge is -2.19. The Hall–Kier alpha value is -1.90. The van der Waals surface area contributed by atoms with E-state index in [2.05, 4.69) is 10.4 Å². The van der Waals surface area contributed by atoms with E-state index < -0.39 is 15.7 Å². The summed E-state index contributed by atoms with van der Waals surface area (Å²) in [4.78, 5) is 12.7. The third-order valence-corrected chi connectivity index (χ3v) is 6.98. The van der Waals surface area contributed by atoms with Crippen molar-refractivity contribution < 1.29 is 18.3 Å². The number of carbonyl (C=O) groups excluding carboxylic acids is 1. The third-order valence-electron chi connectivity index (χ3n) is 4.98. The van der Waals surface area contributed by atoms with E-state index in [0.29, 0.717) is 17.1 Å². The summed E-state index contributed by atoms with van der Waals surface area (Å²) in [6.07, 6.45) is 0.455. The molecule has 0 radical (unpaired) electrons. The second-order valence-corrected chi connectivity index (χ2v) is 10.1. The SMILES string of the molecule is CC(C)[C@H](CO)NC(=O)c1cc(-c2ccc(Cl)cc2)n([C@@H]2CCS(=O)(=O)C2)n1. The maximum absolute atomic E-state index is 12.7. The number of sulfone groups is 1. The second kappa shape index (κ2) is 8.23. The van der Waals surface area contributed by atoms with Gasteiger partial charge in [0, 0.05) is 5.02 Å². The molecule has 0 aliphatic carbocycles. The predicted molar refractivity (Wildman–Crippen MR) is 108 cm³/mol. The van der Waals surface area contributed by atoms with Crippen molar-refractivity contribution in [3.8, 4) is 11.3 Å². The molecule has 1 aliphatic rings. The number of aliphatic hydroxyl groups excluding tert-OH is 1. The predicted octanol–water partition coefficient (Wildman–Crippen LogP) is 2.31. The lowest BCUT2D eigenvalue weighted by molar-refractivity contribution is 0.0890. The summed E-state index contributed by atoms with van der Waals surface area (Å²) in [5.41, 5.74) is 1.64. The van der Waals surface area contributed by atoms with Crippen molar-refractivity contribution in [2.24, 2.45) is 5.92 Å². The van der Waals surface area contributed by atoms with Crippen LogP contribution in [0.15, 0.2) is 30.3 Å². The van der Waals surface area contributed by atoms with Crippen molar-refractivity contribution in [1.82, 2.24) is 15.1 Å². The Morgan fingerprint density at radius 2 is 2.04 bits per heavy atom. The van der Waals surface area contributed by atoms with Gasteiger partial charge in [0.2, 0.25) is 0 Å². The summed E-state index contributed by atoms with van der Waals surface area (Å²) >= 11 is 5.97. The molecule has 1 fully saturated rings. The minimum atomic E-state index is -3.11. The van der Waals surface area contributed by atoms with Crippen molar-refractivity contribution in [1.29, 1.82) is 0 Å². The Labute approximate surface area is 169 Å². The molecule has 1 aromatic carbocycles. The Balaban J connectivity index is 1.98. The number of halogens is 1. The maximum atomic E-state index is 12.7. The molecule has 0 spiro atoms. The standard InChI is InChI=1S/C19H24ClN3O4S/c1-12(2)17(10-24)21-19(25)16-9-18(13-3-5-14(20)6-4-13)23(22-16)15-7-8-28(26,27)11-15/h3-6,9,12,15,17,24H,7-8,10-11H2,1-2H3,(H,21,25)/t15-,17+/m1/s1. The molecule has 1 amide bonds. The zero-order valence-electron chi connectivity index (χ0n) is 15.8. The van der Waals surface area contributed by atoms with Crippen molar-refractivity contribution in [3.05, 3.63) is 41.0 Å². The van der Waals surface area contributed by atoms with Gasteiger partial charge in [-0.05, 0) is 36.1 Å². The summed E-state index contributed by atoms with van der Waals surface area (Å²) in [6, 6.07) is 8.04. The number of carbonyl (C=O) groups is 1. The molecule has 0 bridgehead atoms. The molecule has 9 heteroatoms. The molecule has 0 saturated carbocycles. The average molecular weight is 426 g/mol. The minimum Gasteiger partial charge on any atom is -0.394 e. The molecule has 2 aromatic rings. The highest BCUT2D eigenvalue weighted by atomic mass is 35.5. The summed E-state index contributed by atoms with van der Waals surface area (Å²) in [7, 11) is -3.11. The van der Waals surface area contributed by atoms with Crippen LogP contribution in [0.1, 0.15) is 36.8 Å². The van der Waals surface area contributed by atoms with Crippen LogP contribution in [0.25, 0.3) is 11.3 Å².